The van der Waals surface area contributed by atoms with E-state index in [9.17, 15) is 0 Å². The Hall–Kier alpha value is -0.0800. The lowest BCUT2D eigenvalue weighted by Crippen LogP contribution is -2.42. The topological polar surface area (TPSA) is 15.3 Å². The van der Waals surface area contributed by atoms with Crippen LogP contribution in [0.4, 0.5) is 0 Å². The van der Waals surface area contributed by atoms with Gasteiger partial charge < -0.3 is 10.2 Å². The van der Waals surface area contributed by atoms with Crippen LogP contribution < -0.4 is 5.32 Å². The summed E-state index contributed by atoms with van der Waals surface area (Å²) in [5, 5.41) is 3.71. The Morgan fingerprint density at radius 2 is 1.50 bits per heavy atom. The summed E-state index contributed by atoms with van der Waals surface area (Å²) in [6.45, 7) is 19.1. The second kappa shape index (κ2) is 8.38. The molecule has 1 N–H and O–H groups in total. The van der Waals surface area contributed by atoms with Crippen LogP contribution in [0.1, 0.15) is 67.2 Å². The fraction of sp³-hybridized carbons (Fsp3) is 1.00. The SMILES string of the molecule is CC(C)CCN(CCC(C)C)CC(C)(C)CNC1CC1. The monoisotopic (exact) mass is 282 g/mol. The molecule has 1 rings (SSSR count). The number of rotatable bonds is 11. The average Bonchev–Trinajstić information content (AvgIpc) is 3.14. The minimum absolute atomic E-state index is 0.385. The Balaban J connectivity index is 2.37. The standard InChI is InChI=1S/C18H38N2/c1-15(2)9-11-20(12-10-16(3)4)14-18(5,6)13-19-17-7-8-17/h15-17,19H,7-14H2,1-6H3. The largest absolute Gasteiger partial charge is 0.313 e. The summed E-state index contributed by atoms with van der Waals surface area (Å²) in [5.74, 6) is 1.62. The van der Waals surface area contributed by atoms with Crippen LogP contribution in [0, 0.1) is 17.3 Å². The lowest BCUT2D eigenvalue weighted by atomic mass is 9.92. The molecular formula is C18H38N2. The van der Waals surface area contributed by atoms with Crippen molar-refractivity contribution in [2.24, 2.45) is 17.3 Å². The first-order valence-electron chi connectivity index (χ1n) is 8.74. The first-order chi connectivity index (χ1) is 9.28. The molecule has 0 radical (unpaired) electrons. The predicted molar refractivity (Wildman–Crippen MR) is 90.2 cm³/mol. The second-order valence-corrected chi connectivity index (χ2v) is 8.46. The lowest BCUT2D eigenvalue weighted by Gasteiger charge is -2.34. The highest BCUT2D eigenvalue weighted by atomic mass is 15.1. The predicted octanol–water partition coefficient (Wildman–Crippen LogP) is 4.16. The minimum Gasteiger partial charge on any atom is -0.313 e. The zero-order chi connectivity index (χ0) is 15.2. The van der Waals surface area contributed by atoms with E-state index in [0.717, 1.165) is 24.4 Å². The molecule has 0 heterocycles. The third-order valence-electron chi connectivity index (χ3n) is 4.14. The van der Waals surface area contributed by atoms with Gasteiger partial charge in [-0.05, 0) is 56.0 Å². The molecule has 20 heavy (non-hydrogen) atoms. The van der Waals surface area contributed by atoms with Crippen LogP contribution in [-0.4, -0.2) is 37.1 Å². The quantitative estimate of drug-likeness (QED) is 0.612. The van der Waals surface area contributed by atoms with Crippen molar-refractivity contribution < 1.29 is 0 Å². The van der Waals surface area contributed by atoms with Crippen molar-refractivity contribution in [2.45, 2.75) is 73.3 Å². The van der Waals surface area contributed by atoms with Gasteiger partial charge in [0, 0.05) is 19.1 Å². The minimum atomic E-state index is 0.385. The molecule has 0 saturated heterocycles. The first kappa shape index (κ1) is 18.0. The van der Waals surface area contributed by atoms with Gasteiger partial charge >= 0.3 is 0 Å². The van der Waals surface area contributed by atoms with E-state index in [1.54, 1.807) is 0 Å². The van der Waals surface area contributed by atoms with Gasteiger partial charge in [-0.1, -0.05) is 41.5 Å². The summed E-state index contributed by atoms with van der Waals surface area (Å²) < 4.78 is 0. The van der Waals surface area contributed by atoms with Crippen LogP contribution >= 0.6 is 0 Å². The molecule has 0 aromatic rings. The van der Waals surface area contributed by atoms with Crippen LogP contribution in [0.2, 0.25) is 0 Å². The highest BCUT2D eigenvalue weighted by molar-refractivity contribution is 4.85. The average molecular weight is 283 g/mol. The van der Waals surface area contributed by atoms with Gasteiger partial charge in [-0.3, -0.25) is 0 Å². The summed E-state index contributed by atoms with van der Waals surface area (Å²) in [6, 6.07) is 0.828. The van der Waals surface area contributed by atoms with Gasteiger partial charge in [0.15, 0.2) is 0 Å². The second-order valence-electron chi connectivity index (χ2n) is 8.46. The van der Waals surface area contributed by atoms with E-state index < -0.39 is 0 Å². The summed E-state index contributed by atoms with van der Waals surface area (Å²) in [7, 11) is 0. The summed E-state index contributed by atoms with van der Waals surface area (Å²) in [4.78, 5) is 2.70. The highest BCUT2D eigenvalue weighted by Gasteiger charge is 2.26. The van der Waals surface area contributed by atoms with Crippen molar-refractivity contribution in [3.63, 3.8) is 0 Å². The fourth-order valence-corrected chi connectivity index (χ4v) is 2.52. The number of nitrogens with one attached hydrogen (secondary N) is 1. The van der Waals surface area contributed by atoms with Gasteiger partial charge in [0.05, 0.1) is 0 Å². The van der Waals surface area contributed by atoms with Crippen LogP contribution in [0.3, 0.4) is 0 Å². The first-order valence-corrected chi connectivity index (χ1v) is 8.74. The van der Waals surface area contributed by atoms with E-state index in [1.807, 2.05) is 0 Å². The third-order valence-corrected chi connectivity index (χ3v) is 4.14. The highest BCUT2D eigenvalue weighted by Crippen LogP contribution is 2.23. The number of hydrogen-bond donors (Lipinski definition) is 1. The molecule has 0 amide bonds. The van der Waals surface area contributed by atoms with E-state index in [1.165, 1.54) is 45.3 Å². The Kier molecular flexibility index (Phi) is 7.53. The Labute approximate surface area is 127 Å². The molecule has 0 bridgehead atoms. The van der Waals surface area contributed by atoms with E-state index in [2.05, 4.69) is 51.8 Å². The Morgan fingerprint density at radius 1 is 1.00 bits per heavy atom. The Morgan fingerprint density at radius 3 is 1.90 bits per heavy atom. The zero-order valence-electron chi connectivity index (χ0n) is 14.8. The van der Waals surface area contributed by atoms with Crippen molar-refractivity contribution in [3.05, 3.63) is 0 Å². The molecule has 0 unspecified atom stereocenters. The van der Waals surface area contributed by atoms with E-state index in [0.29, 0.717) is 5.41 Å². The van der Waals surface area contributed by atoms with Gasteiger partial charge in [-0.2, -0.15) is 0 Å². The maximum atomic E-state index is 3.71. The van der Waals surface area contributed by atoms with Crippen LogP contribution in [0.5, 0.6) is 0 Å². The molecule has 0 aliphatic heterocycles. The van der Waals surface area contributed by atoms with Gasteiger partial charge in [-0.15, -0.1) is 0 Å². The summed E-state index contributed by atoms with van der Waals surface area (Å²) in [5.41, 5.74) is 0.385. The van der Waals surface area contributed by atoms with E-state index >= 15 is 0 Å². The van der Waals surface area contributed by atoms with Gasteiger partial charge in [0.2, 0.25) is 0 Å². The molecule has 0 aromatic carbocycles. The molecule has 1 aliphatic carbocycles. The normalized spacial score (nSPS) is 16.6. The van der Waals surface area contributed by atoms with Crippen LogP contribution in [0.15, 0.2) is 0 Å². The molecule has 0 atom stereocenters. The van der Waals surface area contributed by atoms with Gasteiger partial charge in [-0.25, -0.2) is 0 Å². The Bertz CT molecular complexity index is 242. The van der Waals surface area contributed by atoms with Crippen molar-refractivity contribution in [3.8, 4) is 0 Å². The molecular weight excluding hydrogens is 244 g/mol. The molecule has 1 saturated carbocycles. The summed E-state index contributed by atoms with van der Waals surface area (Å²) in [6.07, 6.45) is 5.43. The third kappa shape index (κ3) is 8.97. The van der Waals surface area contributed by atoms with Crippen LogP contribution in [-0.2, 0) is 0 Å². The number of hydrogen-bond acceptors (Lipinski definition) is 2. The number of nitrogens with zero attached hydrogens (tertiary/aromatic N) is 1. The molecule has 1 fully saturated rings. The van der Waals surface area contributed by atoms with Gasteiger partial charge in [0.1, 0.15) is 0 Å². The van der Waals surface area contributed by atoms with Gasteiger partial charge in [0.25, 0.3) is 0 Å². The van der Waals surface area contributed by atoms with Crippen LogP contribution in [0.25, 0.3) is 0 Å². The molecule has 0 aromatic heterocycles. The maximum Gasteiger partial charge on any atom is 0.00684 e. The van der Waals surface area contributed by atoms with Crippen molar-refractivity contribution in [1.82, 2.24) is 10.2 Å². The fourth-order valence-electron chi connectivity index (χ4n) is 2.52. The van der Waals surface area contributed by atoms with Crippen molar-refractivity contribution in [1.29, 1.82) is 0 Å². The molecule has 2 heteroatoms. The summed E-state index contributed by atoms with van der Waals surface area (Å²) >= 11 is 0. The van der Waals surface area contributed by atoms with Crippen molar-refractivity contribution >= 4 is 0 Å². The molecule has 120 valence electrons. The smallest absolute Gasteiger partial charge is 0.00684 e. The maximum absolute atomic E-state index is 3.71. The zero-order valence-corrected chi connectivity index (χ0v) is 14.8. The molecule has 0 spiro atoms. The molecule has 2 nitrogen and oxygen atoms in total. The van der Waals surface area contributed by atoms with Crippen molar-refractivity contribution in [2.75, 3.05) is 26.2 Å². The van der Waals surface area contributed by atoms with E-state index in [-0.39, 0.29) is 0 Å². The van der Waals surface area contributed by atoms with E-state index in [4.69, 9.17) is 0 Å². The lowest BCUT2D eigenvalue weighted by molar-refractivity contribution is 0.160. The molecule has 1 aliphatic rings.